The van der Waals surface area contributed by atoms with Crippen LogP contribution in [-0.2, 0) is 5.41 Å². The van der Waals surface area contributed by atoms with E-state index in [2.05, 4.69) is 28.5 Å². The number of nitrogens with zero attached hydrogens (tertiary/aromatic N) is 3. The lowest BCUT2D eigenvalue weighted by atomic mass is 9.95. The number of piperazine rings is 1. The van der Waals surface area contributed by atoms with Gasteiger partial charge in [0.25, 0.3) is 0 Å². The number of likely N-dealkylation sites (N-methyl/N-ethyl adjacent to an activating group) is 1. The molecule has 1 aromatic heterocycles. The summed E-state index contributed by atoms with van der Waals surface area (Å²) < 4.78 is 11.2. The van der Waals surface area contributed by atoms with Crippen LogP contribution in [0.5, 0.6) is 5.75 Å². The molecule has 6 heteroatoms. The lowest BCUT2D eigenvalue weighted by Gasteiger charge is -2.30. The second-order valence-electron chi connectivity index (χ2n) is 6.44. The Morgan fingerprint density at radius 1 is 1.35 bits per heavy atom. The molecule has 1 N–H and O–H groups in total. The second kappa shape index (κ2) is 5.62. The van der Waals surface area contributed by atoms with E-state index in [1.54, 1.807) is 7.11 Å². The summed E-state index contributed by atoms with van der Waals surface area (Å²) in [4.78, 5) is 7.03. The van der Waals surface area contributed by atoms with Crippen LogP contribution in [0.3, 0.4) is 0 Å². The van der Waals surface area contributed by atoms with Gasteiger partial charge >= 0.3 is 0 Å². The van der Waals surface area contributed by atoms with Crippen molar-refractivity contribution in [1.29, 1.82) is 0 Å². The topological polar surface area (TPSA) is 63.4 Å². The van der Waals surface area contributed by atoms with E-state index in [1.165, 1.54) is 0 Å². The van der Waals surface area contributed by atoms with E-state index >= 15 is 0 Å². The van der Waals surface area contributed by atoms with E-state index in [0.29, 0.717) is 0 Å². The number of rotatable bonds is 4. The molecule has 2 aliphatic rings. The number of aromatic nitrogens is 2. The highest BCUT2D eigenvalue weighted by atomic mass is 16.5. The van der Waals surface area contributed by atoms with Gasteiger partial charge in [-0.2, -0.15) is 4.98 Å². The Morgan fingerprint density at radius 2 is 2.17 bits per heavy atom. The largest absolute Gasteiger partial charge is 0.496 e. The molecular formula is C17H22N4O2. The smallest absolute Gasteiger partial charge is 0.237 e. The Hall–Kier alpha value is -1.92. The van der Waals surface area contributed by atoms with Gasteiger partial charge in [0.05, 0.1) is 18.6 Å². The third-order valence-corrected chi connectivity index (χ3v) is 5.03. The molecule has 1 unspecified atom stereocenters. The van der Waals surface area contributed by atoms with Crippen molar-refractivity contribution in [3.63, 3.8) is 0 Å². The predicted molar refractivity (Wildman–Crippen MR) is 85.5 cm³/mol. The minimum absolute atomic E-state index is 0.168. The number of ether oxygens (including phenoxy) is 1. The Morgan fingerprint density at radius 3 is 2.91 bits per heavy atom. The second-order valence-corrected chi connectivity index (χ2v) is 6.44. The molecule has 1 aliphatic heterocycles. The molecule has 2 aromatic rings. The van der Waals surface area contributed by atoms with Crippen LogP contribution in [-0.4, -0.2) is 48.8 Å². The highest BCUT2D eigenvalue weighted by Gasteiger charge is 2.52. The molecular weight excluding hydrogens is 292 g/mol. The average molecular weight is 314 g/mol. The summed E-state index contributed by atoms with van der Waals surface area (Å²) in [5, 5.41) is 7.66. The zero-order chi connectivity index (χ0) is 15.9. The molecule has 1 atom stereocenters. The monoisotopic (exact) mass is 314 g/mol. The summed E-state index contributed by atoms with van der Waals surface area (Å²) in [5.74, 6) is 2.38. The van der Waals surface area contributed by atoms with Crippen LogP contribution < -0.4 is 10.1 Å². The normalized spacial score (nSPS) is 23.7. The van der Waals surface area contributed by atoms with E-state index in [0.717, 1.165) is 55.5 Å². The molecule has 2 fully saturated rings. The van der Waals surface area contributed by atoms with Crippen LogP contribution in [0, 0.1) is 0 Å². The molecule has 0 amide bonds. The zero-order valence-corrected chi connectivity index (χ0v) is 13.6. The molecule has 6 nitrogen and oxygen atoms in total. The van der Waals surface area contributed by atoms with Crippen molar-refractivity contribution < 1.29 is 9.26 Å². The zero-order valence-electron chi connectivity index (χ0n) is 13.6. The lowest BCUT2D eigenvalue weighted by Crippen LogP contribution is -2.44. The number of methoxy groups -OCH3 is 1. The number of hydrogen-bond donors (Lipinski definition) is 1. The third-order valence-electron chi connectivity index (χ3n) is 5.03. The fourth-order valence-electron chi connectivity index (χ4n) is 3.42. The standard InChI is InChI=1S/C17H22N4O2/c1-21-10-9-18-11-13(21)15-19-16(23-20-15)17(7-8-17)12-5-3-4-6-14(12)22-2/h3-6,13,18H,7-11H2,1-2H3. The molecule has 1 aliphatic carbocycles. The molecule has 0 radical (unpaired) electrons. The first-order valence-corrected chi connectivity index (χ1v) is 8.13. The van der Waals surface area contributed by atoms with Crippen LogP contribution >= 0.6 is 0 Å². The van der Waals surface area contributed by atoms with Crippen molar-refractivity contribution in [1.82, 2.24) is 20.4 Å². The summed E-state index contributed by atoms with van der Waals surface area (Å²) in [5.41, 5.74) is 0.978. The fourth-order valence-corrected chi connectivity index (χ4v) is 3.42. The van der Waals surface area contributed by atoms with Crippen molar-refractivity contribution in [2.45, 2.75) is 24.3 Å². The first-order valence-electron chi connectivity index (χ1n) is 8.13. The van der Waals surface area contributed by atoms with E-state index in [-0.39, 0.29) is 11.5 Å². The number of nitrogens with one attached hydrogen (secondary N) is 1. The summed E-state index contributed by atoms with van der Waals surface area (Å²) in [6.07, 6.45) is 2.04. The minimum atomic E-state index is -0.168. The van der Waals surface area contributed by atoms with Gasteiger partial charge in [0.1, 0.15) is 5.75 Å². The van der Waals surface area contributed by atoms with Crippen molar-refractivity contribution in [2.24, 2.45) is 0 Å². The average Bonchev–Trinajstić information content (AvgIpc) is 3.25. The Kier molecular flexibility index (Phi) is 3.58. The molecule has 0 spiro atoms. The van der Waals surface area contributed by atoms with Crippen molar-refractivity contribution in [3.8, 4) is 5.75 Å². The summed E-state index contributed by atoms with van der Waals surface area (Å²) >= 11 is 0. The maximum Gasteiger partial charge on any atom is 0.237 e. The maximum absolute atomic E-state index is 5.68. The number of benzene rings is 1. The molecule has 1 saturated carbocycles. The van der Waals surface area contributed by atoms with Gasteiger partial charge in [0, 0.05) is 25.2 Å². The summed E-state index contributed by atoms with van der Waals surface area (Å²) in [6.45, 7) is 2.85. The van der Waals surface area contributed by atoms with Gasteiger partial charge in [-0.05, 0) is 26.0 Å². The van der Waals surface area contributed by atoms with Gasteiger partial charge in [-0.15, -0.1) is 0 Å². The van der Waals surface area contributed by atoms with Gasteiger partial charge in [0.2, 0.25) is 5.89 Å². The third kappa shape index (κ3) is 2.42. The van der Waals surface area contributed by atoms with Gasteiger partial charge in [-0.1, -0.05) is 23.4 Å². The number of para-hydroxylation sites is 1. The first kappa shape index (κ1) is 14.7. The van der Waals surface area contributed by atoms with E-state index in [1.807, 2.05) is 18.2 Å². The first-order chi connectivity index (χ1) is 11.2. The van der Waals surface area contributed by atoms with Crippen molar-refractivity contribution in [3.05, 3.63) is 41.5 Å². The van der Waals surface area contributed by atoms with Crippen molar-refractivity contribution >= 4 is 0 Å². The molecule has 1 aromatic carbocycles. The molecule has 0 bridgehead atoms. The van der Waals surface area contributed by atoms with Gasteiger partial charge in [-0.3, -0.25) is 4.90 Å². The fraction of sp³-hybridized carbons (Fsp3) is 0.529. The Balaban J connectivity index is 1.66. The van der Waals surface area contributed by atoms with Gasteiger partial charge < -0.3 is 14.6 Å². The highest BCUT2D eigenvalue weighted by Crippen LogP contribution is 2.55. The van der Waals surface area contributed by atoms with Crippen LogP contribution in [0.4, 0.5) is 0 Å². The molecule has 23 heavy (non-hydrogen) atoms. The quantitative estimate of drug-likeness (QED) is 0.927. The van der Waals surface area contributed by atoms with Gasteiger partial charge in [0.15, 0.2) is 5.82 Å². The van der Waals surface area contributed by atoms with Crippen LogP contribution in [0.2, 0.25) is 0 Å². The Bertz CT molecular complexity index is 695. The highest BCUT2D eigenvalue weighted by molar-refractivity contribution is 5.47. The van der Waals surface area contributed by atoms with Crippen LogP contribution in [0.15, 0.2) is 28.8 Å². The maximum atomic E-state index is 5.68. The molecule has 1 saturated heterocycles. The SMILES string of the molecule is COc1ccccc1C1(c2nc(C3CNCCN3C)no2)CC1. The van der Waals surface area contributed by atoms with E-state index in [4.69, 9.17) is 14.2 Å². The Labute approximate surface area is 135 Å². The van der Waals surface area contributed by atoms with Crippen LogP contribution in [0.1, 0.15) is 36.2 Å². The van der Waals surface area contributed by atoms with Crippen molar-refractivity contribution in [2.75, 3.05) is 33.8 Å². The number of hydrogen-bond acceptors (Lipinski definition) is 6. The summed E-state index contributed by atoms with van der Waals surface area (Å²) in [6, 6.07) is 8.29. The molecule has 2 heterocycles. The molecule has 122 valence electrons. The molecule has 4 rings (SSSR count). The van der Waals surface area contributed by atoms with Gasteiger partial charge in [-0.25, -0.2) is 0 Å². The van der Waals surface area contributed by atoms with E-state index in [9.17, 15) is 0 Å². The van der Waals surface area contributed by atoms with Crippen LogP contribution in [0.25, 0.3) is 0 Å². The lowest BCUT2D eigenvalue weighted by molar-refractivity contribution is 0.190. The predicted octanol–water partition coefficient (Wildman–Crippen LogP) is 1.73. The summed E-state index contributed by atoms with van der Waals surface area (Å²) in [7, 11) is 3.81. The van der Waals surface area contributed by atoms with E-state index < -0.39 is 0 Å². The minimum Gasteiger partial charge on any atom is -0.496 e.